The molecule has 1 heterocycles. The van der Waals surface area contributed by atoms with Crippen LogP contribution in [-0.4, -0.2) is 42.6 Å². The van der Waals surface area contributed by atoms with Gasteiger partial charge in [-0.15, -0.1) is 0 Å². The fourth-order valence-corrected chi connectivity index (χ4v) is 6.61. The fourth-order valence-electron chi connectivity index (χ4n) is 4.50. The second-order valence-electron chi connectivity index (χ2n) is 9.83. The number of esters is 2. The van der Waals surface area contributed by atoms with E-state index >= 15 is 0 Å². The smallest absolute Gasteiger partial charge is 0.408 e. The van der Waals surface area contributed by atoms with Crippen LogP contribution >= 0.6 is 7.37 Å². The van der Waals surface area contributed by atoms with E-state index in [9.17, 15) is 18.9 Å². The number of alkyl carbamates (subject to hydrolysis) is 1. The average Bonchev–Trinajstić information content (AvgIpc) is 3.54. The molecular formula is C31H35N2O7P. The Morgan fingerprint density at radius 1 is 0.854 bits per heavy atom. The molecule has 0 saturated carbocycles. The molecule has 1 amide bonds. The van der Waals surface area contributed by atoms with Gasteiger partial charge in [0.15, 0.2) is 0 Å². The van der Waals surface area contributed by atoms with Crippen molar-refractivity contribution in [2.45, 2.75) is 50.7 Å². The van der Waals surface area contributed by atoms with Crippen LogP contribution in [0.4, 0.5) is 4.79 Å². The van der Waals surface area contributed by atoms with Crippen molar-refractivity contribution in [2.24, 2.45) is 0 Å². The minimum atomic E-state index is -3.98. The molecule has 0 aliphatic carbocycles. The Labute approximate surface area is 240 Å². The number of carbonyl (C=O) groups is 3. The van der Waals surface area contributed by atoms with Crippen molar-refractivity contribution in [3.05, 3.63) is 108 Å². The van der Waals surface area contributed by atoms with Crippen molar-refractivity contribution in [3.63, 3.8) is 0 Å². The molecule has 0 spiro atoms. The number of nitrogens with one attached hydrogen (secondary N) is 2. The first-order chi connectivity index (χ1) is 19.9. The first kappa shape index (κ1) is 30.2. The summed E-state index contributed by atoms with van der Waals surface area (Å²) in [6.07, 6.45) is 0.517. The summed E-state index contributed by atoms with van der Waals surface area (Å²) in [6, 6.07) is 27.2. The van der Waals surface area contributed by atoms with Crippen LogP contribution in [0, 0.1) is 0 Å². The number of aryl methyl sites for hydroxylation is 1. The second kappa shape index (κ2) is 15.3. The topological polar surface area (TPSA) is 120 Å². The maximum Gasteiger partial charge on any atom is 0.408 e. The molecule has 10 heteroatoms. The van der Waals surface area contributed by atoms with Crippen molar-refractivity contribution >= 4 is 25.4 Å². The summed E-state index contributed by atoms with van der Waals surface area (Å²) in [6.45, 7) is 0.605. The van der Waals surface area contributed by atoms with Crippen molar-refractivity contribution in [1.29, 1.82) is 0 Å². The third kappa shape index (κ3) is 9.67. The summed E-state index contributed by atoms with van der Waals surface area (Å²) in [5.74, 6) is -2.76. The zero-order valence-corrected chi connectivity index (χ0v) is 23.7. The second-order valence-corrected chi connectivity index (χ2v) is 12.5. The van der Waals surface area contributed by atoms with Gasteiger partial charge in [-0.1, -0.05) is 91.0 Å². The van der Waals surface area contributed by atoms with Crippen molar-refractivity contribution in [2.75, 3.05) is 12.7 Å². The zero-order valence-electron chi connectivity index (χ0n) is 22.8. The lowest BCUT2D eigenvalue weighted by atomic mass is 10.1. The summed E-state index contributed by atoms with van der Waals surface area (Å²) in [4.78, 5) is 38.3. The van der Waals surface area contributed by atoms with Gasteiger partial charge in [-0.2, -0.15) is 0 Å². The Morgan fingerprint density at radius 2 is 1.44 bits per heavy atom. The minimum Gasteiger partial charge on any atom is -0.445 e. The molecule has 0 radical (unpaired) electrons. The maximum atomic E-state index is 14.5. The van der Waals surface area contributed by atoms with E-state index < -0.39 is 43.4 Å². The van der Waals surface area contributed by atoms with E-state index in [1.807, 2.05) is 78.9 Å². The highest BCUT2D eigenvalue weighted by Gasteiger charge is 2.40. The van der Waals surface area contributed by atoms with E-state index in [1.54, 1.807) is 12.1 Å². The number of benzene rings is 3. The van der Waals surface area contributed by atoms with Crippen LogP contribution in [0.3, 0.4) is 0 Å². The highest BCUT2D eigenvalue weighted by Crippen LogP contribution is 2.53. The molecule has 4 rings (SSSR count). The third-order valence-corrected chi connectivity index (χ3v) is 9.32. The monoisotopic (exact) mass is 578 g/mol. The van der Waals surface area contributed by atoms with Crippen LogP contribution in [0.1, 0.15) is 36.0 Å². The molecule has 1 aliphatic rings. The van der Waals surface area contributed by atoms with Gasteiger partial charge < -0.3 is 24.6 Å². The molecule has 3 atom stereocenters. The fraction of sp³-hybridized carbons (Fsp3) is 0.323. The highest BCUT2D eigenvalue weighted by atomic mass is 31.2. The first-order valence-corrected chi connectivity index (χ1v) is 15.6. The molecule has 3 aromatic carbocycles. The van der Waals surface area contributed by atoms with E-state index in [1.165, 1.54) is 0 Å². The third-order valence-electron chi connectivity index (χ3n) is 6.72. The number of hydrogen-bond donors (Lipinski definition) is 2. The minimum absolute atomic E-state index is 0.0121. The summed E-state index contributed by atoms with van der Waals surface area (Å²) in [5, 5.41) is 5.68. The Kier molecular flexibility index (Phi) is 11.3. The number of ether oxygens (including phenoxy) is 2. The van der Waals surface area contributed by atoms with Crippen molar-refractivity contribution in [1.82, 2.24) is 10.6 Å². The van der Waals surface area contributed by atoms with E-state index in [4.69, 9.17) is 14.0 Å². The molecule has 41 heavy (non-hydrogen) atoms. The predicted octanol–water partition coefficient (Wildman–Crippen LogP) is 5.19. The van der Waals surface area contributed by atoms with Crippen LogP contribution in [0.2, 0.25) is 0 Å². The molecule has 2 unspecified atom stereocenters. The highest BCUT2D eigenvalue weighted by molar-refractivity contribution is 7.60. The lowest BCUT2D eigenvalue weighted by Crippen LogP contribution is -2.38. The molecule has 1 aliphatic heterocycles. The molecule has 2 N–H and O–H groups in total. The van der Waals surface area contributed by atoms with E-state index in [0.29, 0.717) is 19.4 Å². The molecule has 1 saturated heterocycles. The van der Waals surface area contributed by atoms with E-state index in [0.717, 1.165) is 23.1 Å². The maximum absolute atomic E-state index is 14.5. The van der Waals surface area contributed by atoms with Gasteiger partial charge >= 0.3 is 18.0 Å². The standard InChI is InChI=1S/C31H35N2O7P/c34-29(40-30(35)27-17-10-20-32-27)23-41(37,39-22-26-15-8-3-9-16-26)28(19-18-24-11-4-1-5-12-24)33-31(36)38-21-25-13-6-2-7-14-25/h1-9,11-16,27-28,32H,10,17-23H2,(H,33,36)/t27-,28?,41?/m0/s1. The molecule has 0 bridgehead atoms. The normalized spacial score (nSPS) is 16.7. The SMILES string of the molecule is O=C(CP(=O)(OCc1ccccc1)C(CCc1ccccc1)NC(=O)OCc1ccccc1)OC(=O)[C@@H]1CCCN1. The van der Waals surface area contributed by atoms with E-state index in [-0.39, 0.29) is 19.6 Å². The Balaban J connectivity index is 1.53. The van der Waals surface area contributed by atoms with Crippen LogP contribution in [0.15, 0.2) is 91.0 Å². The number of amides is 1. The lowest BCUT2D eigenvalue weighted by molar-refractivity contribution is -0.159. The van der Waals surface area contributed by atoms with Gasteiger partial charge in [0, 0.05) is 0 Å². The average molecular weight is 579 g/mol. The number of carbonyl (C=O) groups excluding carboxylic acids is 3. The molecule has 9 nitrogen and oxygen atoms in total. The Morgan fingerprint density at radius 3 is 2.02 bits per heavy atom. The van der Waals surface area contributed by atoms with E-state index in [2.05, 4.69) is 10.6 Å². The van der Waals surface area contributed by atoms with Gasteiger partial charge in [0.1, 0.15) is 24.6 Å². The van der Waals surface area contributed by atoms with Crippen LogP contribution in [-0.2, 0) is 47.8 Å². The summed E-state index contributed by atoms with van der Waals surface area (Å²) < 4.78 is 30.9. The molecular weight excluding hydrogens is 543 g/mol. The number of rotatable bonds is 13. The predicted molar refractivity (Wildman–Crippen MR) is 154 cm³/mol. The molecule has 216 valence electrons. The Hall–Kier alpha value is -3.78. The van der Waals surface area contributed by atoms with Gasteiger partial charge in [-0.25, -0.2) is 9.59 Å². The first-order valence-electron chi connectivity index (χ1n) is 13.7. The largest absolute Gasteiger partial charge is 0.445 e. The van der Waals surface area contributed by atoms with Crippen LogP contribution < -0.4 is 10.6 Å². The quantitative estimate of drug-likeness (QED) is 0.162. The molecule has 1 fully saturated rings. The van der Waals surface area contributed by atoms with Crippen LogP contribution in [0.5, 0.6) is 0 Å². The molecule has 3 aromatic rings. The Bertz CT molecular complexity index is 1320. The van der Waals surface area contributed by atoms with Crippen LogP contribution in [0.25, 0.3) is 0 Å². The van der Waals surface area contributed by atoms with Gasteiger partial charge in [-0.05, 0) is 48.9 Å². The molecule has 0 aromatic heterocycles. The van der Waals surface area contributed by atoms with Gasteiger partial charge in [0.05, 0.1) is 6.61 Å². The van der Waals surface area contributed by atoms with Crippen molar-refractivity contribution < 1.29 is 32.9 Å². The summed E-state index contributed by atoms with van der Waals surface area (Å²) >= 11 is 0. The summed E-state index contributed by atoms with van der Waals surface area (Å²) in [7, 11) is -3.98. The van der Waals surface area contributed by atoms with Gasteiger partial charge in [0.2, 0.25) is 7.37 Å². The van der Waals surface area contributed by atoms with Gasteiger partial charge in [-0.3, -0.25) is 9.36 Å². The number of hydrogen-bond acceptors (Lipinski definition) is 8. The lowest BCUT2D eigenvalue weighted by Gasteiger charge is -2.28. The van der Waals surface area contributed by atoms with Crippen molar-refractivity contribution in [3.8, 4) is 0 Å². The zero-order chi connectivity index (χ0) is 28.9. The summed E-state index contributed by atoms with van der Waals surface area (Å²) in [5.41, 5.74) is 2.48. The van der Waals surface area contributed by atoms with Gasteiger partial charge in [0.25, 0.3) is 0 Å².